The van der Waals surface area contributed by atoms with Gasteiger partial charge in [0.25, 0.3) is 0 Å². The topological polar surface area (TPSA) is 38.0 Å². The highest BCUT2D eigenvalue weighted by atomic mass is 14.9. The van der Waals surface area contributed by atoms with Gasteiger partial charge in [-0.3, -0.25) is 0 Å². The zero-order chi connectivity index (χ0) is 12.4. The predicted octanol–water partition coefficient (Wildman–Crippen LogP) is 2.55. The van der Waals surface area contributed by atoms with Crippen LogP contribution < -0.4 is 11.1 Å². The first-order chi connectivity index (χ1) is 8.84. The van der Waals surface area contributed by atoms with E-state index in [1.54, 1.807) is 0 Å². The van der Waals surface area contributed by atoms with Crippen LogP contribution in [0.2, 0.25) is 0 Å². The summed E-state index contributed by atoms with van der Waals surface area (Å²) in [4.78, 5) is 0. The van der Waals surface area contributed by atoms with Gasteiger partial charge < -0.3 is 11.1 Å². The van der Waals surface area contributed by atoms with Crippen LogP contribution in [0.3, 0.4) is 0 Å². The van der Waals surface area contributed by atoms with Crippen LogP contribution in [0, 0.1) is 0 Å². The minimum Gasteiger partial charge on any atom is -0.399 e. The highest BCUT2D eigenvalue weighted by Crippen LogP contribution is 2.30. The number of nitrogens with two attached hydrogens (primary N) is 1. The van der Waals surface area contributed by atoms with E-state index >= 15 is 0 Å². The predicted molar refractivity (Wildman–Crippen MR) is 75.7 cm³/mol. The van der Waals surface area contributed by atoms with Gasteiger partial charge in [-0.05, 0) is 41.8 Å². The molecule has 1 aliphatic heterocycles. The van der Waals surface area contributed by atoms with Gasteiger partial charge in [0.2, 0.25) is 0 Å². The fourth-order valence-corrected chi connectivity index (χ4v) is 2.73. The summed E-state index contributed by atoms with van der Waals surface area (Å²) >= 11 is 0. The first kappa shape index (κ1) is 11.3. The molecule has 1 heterocycles. The van der Waals surface area contributed by atoms with Crippen molar-refractivity contribution >= 4 is 5.69 Å². The van der Waals surface area contributed by atoms with Crippen molar-refractivity contribution in [1.82, 2.24) is 5.32 Å². The number of fused-ring (bicyclic) bond motifs is 1. The van der Waals surface area contributed by atoms with Crippen LogP contribution in [0.5, 0.6) is 0 Å². The first-order valence-corrected chi connectivity index (χ1v) is 6.48. The molecule has 1 atom stereocenters. The molecule has 18 heavy (non-hydrogen) atoms. The van der Waals surface area contributed by atoms with Gasteiger partial charge in [-0.15, -0.1) is 0 Å². The van der Waals surface area contributed by atoms with Crippen LogP contribution in [0.1, 0.15) is 22.6 Å². The van der Waals surface area contributed by atoms with Crippen LogP contribution in [0.15, 0.2) is 48.5 Å². The summed E-state index contributed by atoms with van der Waals surface area (Å²) in [7, 11) is 0. The molecule has 92 valence electrons. The lowest BCUT2D eigenvalue weighted by atomic mass is 9.88. The molecule has 0 aromatic heterocycles. The molecule has 0 bridgehead atoms. The third-order valence-corrected chi connectivity index (χ3v) is 3.67. The van der Waals surface area contributed by atoms with Crippen molar-refractivity contribution in [3.8, 4) is 0 Å². The molecular weight excluding hydrogens is 220 g/mol. The smallest absolute Gasteiger partial charge is 0.0317 e. The van der Waals surface area contributed by atoms with E-state index in [-0.39, 0.29) is 0 Å². The monoisotopic (exact) mass is 238 g/mol. The lowest BCUT2D eigenvalue weighted by Gasteiger charge is -2.18. The maximum atomic E-state index is 5.95. The summed E-state index contributed by atoms with van der Waals surface area (Å²) in [6.45, 7) is 2.03. The number of nitrogens with one attached hydrogen (secondary N) is 1. The van der Waals surface area contributed by atoms with Crippen LogP contribution in [-0.4, -0.2) is 13.1 Å². The second-order valence-corrected chi connectivity index (χ2v) is 4.88. The molecule has 0 spiro atoms. The summed E-state index contributed by atoms with van der Waals surface area (Å²) in [6.07, 6.45) is 1.08. The van der Waals surface area contributed by atoms with Crippen LogP contribution in [-0.2, 0) is 6.42 Å². The van der Waals surface area contributed by atoms with Gasteiger partial charge in [0.15, 0.2) is 0 Å². The van der Waals surface area contributed by atoms with Gasteiger partial charge in [0.05, 0.1) is 0 Å². The second kappa shape index (κ2) is 4.83. The summed E-state index contributed by atoms with van der Waals surface area (Å²) in [5, 5.41) is 3.52. The molecule has 2 heteroatoms. The van der Waals surface area contributed by atoms with Crippen molar-refractivity contribution in [2.75, 3.05) is 18.8 Å². The second-order valence-electron chi connectivity index (χ2n) is 4.88. The lowest BCUT2D eigenvalue weighted by Crippen LogP contribution is -2.20. The molecule has 0 saturated carbocycles. The van der Waals surface area contributed by atoms with Crippen molar-refractivity contribution in [2.24, 2.45) is 0 Å². The summed E-state index contributed by atoms with van der Waals surface area (Å²) < 4.78 is 0. The highest BCUT2D eigenvalue weighted by Gasteiger charge is 2.19. The Morgan fingerprint density at radius 1 is 1.06 bits per heavy atom. The Labute approximate surface area is 108 Å². The summed E-state index contributed by atoms with van der Waals surface area (Å²) in [5.74, 6) is 0.409. The SMILES string of the molecule is Nc1ccc2c(c1)C(c1ccccc1)CNCC2. The molecule has 2 nitrogen and oxygen atoms in total. The molecule has 0 amide bonds. The molecule has 0 fully saturated rings. The number of rotatable bonds is 1. The van der Waals surface area contributed by atoms with Gasteiger partial charge in [-0.1, -0.05) is 36.4 Å². The highest BCUT2D eigenvalue weighted by molar-refractivity contribution is 5.49. The number of hydrogen-bond donors (Lipinski definition) is 2. The molecule has 2 aromatic carbocycles. The molecular formula is C16H18N2. The Balaban J connectivity index is 2.08. The van der Waals surface area contributed by atoms with E-state index in [2.05, 4.69) is 47.8 Å². The van der Waals surface area contributed by atoms with Crippen molar-refractivity contribution < 1.29 is 0 Å². The average molecular weight is 238 g/mol. The number of hydrogen-bond acceptors (Lipinski definition) is 2. The third kappa shape index (κ3) is 2.12. The van der Waals surface area contributed by atoms with Crippen LogP contribution in [0.25, 0.3) is 0 Å². The van der Waals surface area contributed by atoms with E-state index in [0.717, 1.165) is 25.2 Å². The third-order valence-electron chi connectivity index (χ3n) is 3.67. The summed E-state index contributed by atoms with van der Waals surface area (Å²) in [6, 6.07) is 17.0. The van der Waals surface area contributed by atoms with Crippen LogP contribution >= 0.6 is 0 Å². The maximum absolute atomic E-state index is 5.95. The standard InChI is InChI=1S/C16H18N2/c17-14-7-6-13-8-9-18-11-16(15(13)10-14)12-4-2-1-3-5-12/h1-7,10,16,18H,8-9,11,17H2. The average Bonchev–Trinajstić information content (AvgIpc) is 2.61. The Morgan fingerprint density at radius 2 is 1.89 bits per heavy atom. The van der Waals surface area contributed by atoms with Gasteiger partial charge in [-0.25, -0.2) is 0 Å². The summed E-state index contributed by atoms with van der Waals surface area (Å²) in [5.41, 5.74) is 11.0. The van der Waals surface area contributed by atoms with E-state index < -0.39 is 0 Å². The zero-order valence-electron chi connectivity index (χ0n) is 10.4. The molecule has 1 unspecified atom stereocenters. The van der Waals surface area contributed by atoms with E-state index in [1.807, 2.05) is 6.07 Å². The van der Waals surface area contributed by atoms with Gasteiger partial charge in [0, 0.05) is 18.2 Å². The van der Waals surface area contributed by atoms with Crippen molar-refractivity contribution in [2.45, 2.75) is 12.3 Å². The lowest BCUT2D eigenvalue weighted by molar-refractivity contribution is 0.665. The number of nitrogen functional groups attached to an aromatic ring is 1. The van der Waals surface area contributed by atoms with E-state index in [0.29, 0.717) is 5.92 Å². The van der Waals surface area contributed by atoms with E-state index in [9.17, 15) is 0 Å². The van der Waals surface area contributed by atoms with Crippen molar-refractivity contribution in [3.05, 3.63) is 65.2 Å². The normalized spacial score (nSPS) is 19.0. The number of anilines is 1. The van der Waals surface area contributed by atoms with Crippen LogP contribution in [0.4, 0.5) is 5.69 Å². The van der Waals surface area contributed by atoms with Gasteiger partial charge in [-0.2, -0.15) is 0 Å². The molecule has 0 radical (unpaired) electrons. The zero-order valence-corrected chi connectivity index (χ0v) is 10.4. The fraction of sp³-hybridized carbons (Fsp3) is 0.250. The van der Waals surface area contributed by atoms with E-state index in [1.165, 1.54) is 16.7 Å². The molecule has 3 rings (SSSR count). The van der Waals surface area contributed by atoms with Crippen molar-refractivity contribution in [1.29, 1.82) is 0 Å². The minimum atomic E-state index is 0.409. The Bertz CT molecular complexity index is 534. The molecule has 0 saturated heterocycles. The molecule has 0 aliphatic carbocycles. The van der Waals surface area contributed by atoms with Crippen molar-refractivity contribution in [3.63, 3.8) is 0 Å². The fourth-order valence-electron chi connectivity index (χ4n) is 2.73. The largest absolute Gasteiger partial charge is 0.399 e. The van der Waals surface area contributed by atoms with Gasteiger partial charge in [0.1, 0.15) is 0 Å². The Kier molecular flexibility index (Phi) is 3.03. The minimum absolute atomic E-state index is 0.409. The molecule has 1 aliphatic rings. The van der Waals surface area contributed by atoms with E-state index in [4.69, 9.17) is 5.73 Å². The van der Waals surface area contributed by atoms with Gasteiger partial charge >= 0.3 is 0 Å². The number of benzene rings is 2. The Morgan fingerprint density at radius 3 is 2.72 bits per heavy atom. The maximum Gasteiger partial charge on any atom is 0.0317 e. The quantitative estimate of drug-likeness (QED) is 0.749. The molecule has 3 N–H and O–H groups in total. The molecule has 2 aromatic rings. The first-order valence-electron chi connectivity index (χ1n) is 6.48. The Hall–Kier alpha value is -1.80.